The molecule has 1 aromatic rings. The lowest BCUT2D eigenvalue weighted by Gasteiger charge is -2.32. The van der Waals surface area contributed by atoms with Crippen LogP contribution in [0.1, 0.15) is 34.1 Å². The van der Waals surface area contributed by atoms with Crippen molar-refractivity contribution in [3.05, 3.63) is 34.9 Å². The van der Waals surface area contributed by atoms with Gasteiger partial charge in [0, 0.05) is 6.54 Å². The lowest BCUT2D eigenvalue weighted by atomic mass is 10.0. The molecule has 1 amide bonds. The summed E-state index contributed by atoms with van der Waals surface area (Å²) in [5, 5.41) is 0. The number of Topliss-reactive ketones (excluding diaryl/α,β-unsaturated/α-hetero) is 1. The van der Waals surface area contributed by atoms with Crippen LogP contribution in [0.15, 0.2) is 12.1 Å². The maximum absolute atomic E-state index is 14.3. The van der Waals surface area contributed by atoms with Crippen LogP contribution in [0.3, 0.4) is 0 Å². The second-order valence-corrected chi connectivity index (χ2v) is 7.12. The van der Waals surface area contributed by atoms with Crippen molar-refractivity contribution in [1.29, 1.82) is 0 Å². The molecular formula is C18H20BrF2NO6. The normalized spacial score (nSPS) is 17.8. The number of hydrogen-bond acceptors (Lipinski definition) is 6. The summed E-state index contributed by atoms with van der Waals surface area (Å²) in [4.78, 5) is 36.2. The van der Waals surface area contributed by atoms with Crippen molar-refractivity contribution >= 4 is 33.8 Å². The summed E-state index contributed by atoms with van der Waals surface area (Å²) in [5.41, 5.74) is -1.07. The number of carbonyl (C=O) groups is 3. The fourth-order valence-corrected chi connectivity index (χ4v) is 3.44. The molecule has 1 saturated heterocycles. The molecule has 0 aliphatic carbocycles. The highest BCUT2D eigenvalue weighted by molar-refractivity contribution is 9.10. The number of esters is 1. The third-order valence-corrected chi connectivity index (χ3v) is 4.92. The maximum atomic E-state index is 14.3. The Labute approximate surface area is 169 Å². The molecule has 1 fully saturated rings. The zero-order valence-electron chi connectivity index (χ0n) is 15.4. The van der Waals surface area contributed by atoms with E-state index in [4.69, 9.17) is 9.47 Å². The minimum absolute atomic E-state index is 0.0518. The van der Waals surface area contributed by atoms with Gasteiger partial charge in [-0.1, -0.05) is 15.9 Å². The first-order chi connectivity index (χ1) is 13.3. The largest absolute Gasteiger partial charge is 0.462 e. The first-order valence-electron chi connectivity index (χ1n) is 8.57. The minimum Gasteiger partial charge on any atom is -0.462 e. The zero-order valence-corrected chi connectivity index (χ0v) is 17.0. The molecule has 0 aromatic heterocycles. The van der Waals surface area contributed by atoms with Gasteiger partial charge in [0.15, 0.2) is 5.78 Å². The Morgan fingerprint density at radius 1 is 1.32 bits per heavy atom. The average Bonchev–Trinajstić information content (AvgIpc) is 2.66. The van der Waals surface area contributed by atoms with Gasteiger partial charge < -0.3 is 19.1 Å². The van der Waals surface area contributed by atoms with Crippen LogP contribution in [0.2, 0.25) is 0 Å². The van der Waals surface area contributed by atoms with Crippen molar-refractivity contribution in [2.45, 2.75) is 24.3 Å². The number of benzene rings is 1. The number of morpholine rings is 1. The Morgan fingerprint density at radius 3 is 2.54 bits per heavy atom. The molecule has 2 atom stereocenters. The Morgan fingerprint density at radius 2 is 1.96 bits per heavy atom. The molecule has 28 heavy (non-hydrogen) atoms. The van der Waals surface area contributed by atoms with Crippen LogP contribution in [-0.4, -0.2) is 67.1 Å². The van der Waals surface area contributed by atoms with E-state index < -0.39 is 46.0 Å². The van der Waals surface area contributed by atoms with Crippen LogP contribution in [0, 0.1) is 11.6 Å². The quantitative estimate of drug-likeness (QED) is 0.366. The van der Waals surface area contributed by atoms with Gasteiger partial charge >= 0.3 is 12.1 Å². The van der Waals surface area contributed by atoms with E-state index in [2.05, 4.69) is 20.7 Å². The second-order valence-electron chi connectivity index (χ2n) is 6.01. The monoisotopic (exact) mass is 463 g/mol. The van der Waals surface area contributed by atoms with Crippen molar-refractivity contribution in [3.8, 4) is 0 Å². The molecule has 0 radical (unpaired) electrons. The summed E-state index contributed by atoms with van der Waals surface area (Å²) in [7, 11) is 1.26. The van der Waals surface area contributed by atoms with Crippen LogP contribution in [0.5, 0.6) is 0 Å². The van der Waals surface area contributed by atoms with E-state index >= 15 is 0 Å². The Hall–Kier alpha value is -2.07. The number of amides is 1. The lowest BCUT2D eigenvalue weighted by Crippen LogP contribution is -2.46. The van der Waals surface area contributed by atoms with Crippen molar-refractivity contribution in [1.82, 2.24) is 4.90 Å². The first kappa shape index (κ1) is 22.2. The number of hydrogen-bond donors (Lipinski definition) is 0. The number of ether oxygens (including phenoxy) is 3. The number of nitrogens with zero attached hydrogens (tertiary/aromatic N) is 1. The molecule has 2 rings (SSSR count). The molecule has 0 bridgehead atoms. The van der Waals surface area contributed by atoms with Gasteiger partial charge in [0.25, 0.3) is 0 Å². The standard InChI is InChI=1S/C18H20BrF2NO6/c1-3-27-17(24)10-6-13(20)15(14(21)7-10)16(23)12(19)8-11-9-22(4-5-28-11)18(25)26-2/h6-7,11-12H,3-5,8-9H2,1-2H3/t11-,12?/m0/s1. The summed E-state index contributed by atoms with van der Waals surface area (Å²) in [5.74, 6) is -4.02. The topological polar surface area (TPSA) is 82.1 Å². The Bertz CT molecular complexity index is 737. The SMILES string of the molecule is CCOC(=O)c1cc(F)c(C(=O)C(Br)C[C@H]2CN(C(=O)OC)CCO2)c(F)c1. The lowest BCUT2D eigenvalue weighted by molar-refractivity contribution is -0.0270. The van der Waals surface area contributed by atoms with Crippen LogP contribution in [0.4, 0.5) is 13.6 Å². The van der Waals surface area contributed by atoms with Gasteiger partial charge in [0.1, 0.15) is 11.6 Å². The summed E-state index contributed by atoms with van der Waals surface area (Å²) < 4.78 is 43.5. The molecule has 7 nitrogen and oxygen atoms in total. The Kier molecular flexibility index (Phi) is 7.88. The highest BCUT2D eigenvalue weighted by Gasteiger charge is 2.31. The summed E-state index contributed by atoms with van der Waals surface area (Å²) >= 11 is 3.14. The summed E-state index contributed by atoms with van der Waals surface area (Å²) in [6.07, 6.45) is -0.936. The smallest absolute Gasteiger partial charge is 0.409 e. The van der Waals surface area contributed by atoms with Gasteiger partial charge in [-0.25, -0.2) is 18.4 Å². The Balaban J connectivity index is 2.10. The van der Waals surface area contributed by atoms with E-state index in [0.717, 1.165) is 12.1 Å². The zero-order chi connectivity index (χ0) is 20.8. The van der Waals surface area contributed by atoms with Gasteiger partial charge in [0.2, 0.25) is 0 Å². The van der Waals surface area contributed by atoms with Gasteiger partial charge in [-0.3, -0.25) is 4.79 Å². The number of methoxy groups -OCH3 is 1. The third kappa shape index (κ3) is 5.26. The van der Waals surface area contributed by atoms with Crippen molar-refractivity contribution in [2.24, 2.45) is 0 Å². The van der Waals surface area contributed by atoms with E-state index in [1.54, 1.807) is 6.92 Å². The number of alkyl halides is 1. The first-order valence-corrected chi connectivity index (χ1v) is 9.49. The number of rotatable bonds is 6. The molecule has 154 valence electrons. The predicted octanol–water partition coefficient (Wildman–Crippen LogP) is 2.95. The highest BCUT2D eigenvalue weighted by Crippen LogP contribution is 2.24. The average molecular weight is 464 g/mol. The third-order valence-electron chi connectivity index (χ3n) is 4.13. The molecule has 1 aromatic carbocycles. The molecule has 1 aliphatic rings. The minimum atomic E-state index is -1.15. The summed E-state index contributed by atoms with van der Waals surface area (Å²) in [6, 6.07) is 1.54. The fraction of sp³-hybridized carbons (Fsp3) is 0.500. The van der Waals surface area contributed by atoms with Crippen molar-refractivity contribution < 1.29 is 37.4 Å². The molecule has 1 unspecified atom stereocenters. The van der Waals surface area contributed by atoms with Crippen molar-refractivity contribution in [3.63, 3.8) is 0 Å². The van der Waals surface area contributed by atoms with Gasteiger partial charge in [-0.05, 0) is 25.5 Å². The summed E-state index contributed by atoms with van der Waals surface area (Å²) in [6.45, 7) is 2.41. The van der Waals surface area contributed by atoms with Gasteiger partial charge in [-0.15, -0.1) is 0 Å². The van der Waals surface area contributed by atoms with Crippen LogP contribution in [-0.2, 0) is 14.2 Å². The van der Waals surface area contributed by atoms with Gasteiger partial charge in [0.05, 0.1) is 48.9 Å². The molecule has 0 spiro atoms. The van der Waals surface area contributed by atoms with Crippen LogP contribution < -0.4 is 0 Å². The molecule has 0 N–H and O–H groups in total. The van der Waals surface area contributed by atoms with Crippen LogP contribution >= 0.6 is 15.9 Å². The second kappa shape index (κ2) is 9.92. The van der Waals surface area contributed by atoms with E-state index in [0.29, 0.717) is 6.54 Å². The number of ketones is 1. The molecule has 1 heterocycles. The molecule has 1 aliphatic heterocycles. The molecule has 0 saturated carbocycles. The van der Waals surface area contributed by atoms with E-state index in [1.165, 1.54) is 12.0 Å². The fourth-order valence-electron chi connectivity index (χ4n) is 2.79. The van der Waals surface area contributed by atoms with E-state index in [9.17, 15) is 23.2 Å². The maximum Gasteiger partial charge on any atom is 0.409 e. The van der Waals surface area contributed by atoms with Gasteiger partial charge in [-0.2, -0.15) is 0 Å². The number of halogens is 3. The van der Waals surface area contributed by atoms with E-state index in [1.807, 2.05) is 0 Å². The molecule has 10 heteroatoms. The number of carbonyl (C=O) groups excluding carboxylic acids is 3. The van der Waals surface area contributed by atoms with Crippen molar-refractivity contribution in [2.75, 3.05) is 33.4 Å². The van der Waals surface area contributed by atoms with E-state index in [-0.39, 0.29) is 31.7 Å². The van der Waals surface area contributed by atoms with Crippen LogP contribution in [0.25, 0.3) is 0 Å². The predicted molar refractivity (Wildman–Crippen MR) is 97.7 cm³/mol. The highest BCUT2D eigenvalue weighted by atomic mass is 79.9. The molecular weight excluding hydrogens is 444 g/mol.